The first-order chi connectivity index (χ1) is 10.1. The van der Waals surface area contributed by atoms with E-state index in [0.717, 1.165) is 12.5 Å². The van der Waals surface area contributed by atoms with Crippen molar-refractivity contribution in [1.29, 1.82) is 0 Å². The smallest absolute Gasteiger partial charge is 0.0331 e. The van der Waals surface area contributed by atoms with E-state index in [2.05, 4.69) is 44.3 Å². The number of nitrogens with one attached hydrogen (secondary N) is 1. The van der Waals surface area contributed by atoms with Gasteiger partial charge in [0.25, 0.3) is 0 Å². The van der Waals surface area contributed by atoms with Crippen LogP contribution in [0.25, 0.3) is 0 Å². The van der Waals surface area contributed by atoms with E-state index in [1.54, 1.807) is 16.7 Å². The average molecular weight is 285 g/mol. The largest absolute Gasteiger partial charge is 0.310 e. The zero-order valence-electron chi connectivity index (χ0n) is 14.0. The first-order valence-electron chi connectivity index (χ1n) is 8.99. The molecular formula is C20H31N. The average Bonchev–Trinajstić information content (AvgIpc) is 2.77. The standard InChI is InChI=1S/C20H31N/c1-4-12-21-19-14-20(2,3)18-11-10-16(13-17(18)19)15-8-6-5-7-9-15/h10-11,13,15,19,21H,4-9,12,14H2,1-3H3. The monoisotopic (exact) mass is 285 g/mol. The minimum atomic E-state index is 0.325. The summed E-state index contributed by atoms with van der Waals surface area (Å²) in [5.74, 6) is 0.819. The number of rotatable bonds is 4. The van der Waals surface area contributed by atoms with Crippen LogP contribution in [0.2, 0.25) is 0 Å². The lowest BCUT2D eigenvalue weighted by molar-refractivity contribution is 0.427. The maximum Gasteiger partial charge on any atom is 0.0331 e. The highest BCUT2D eigenvalue weighted by Gasteiger charge is 2.36. The quantitative estimate of drug-likeness (QED) is 0.775. The topological polar surface area (TPSA) is 12.0 Å². The van der Waals surface area contributed by atoms with E-state index < -0.39 is 0 Å². The van der Waals surface area contributed by atoms with Crippen molar-refractivity contribution < 1.29 is 0 Å². The van der Waals surface area contributed by atoms with Gasteiger partial charge in [-0.25, -0.2) is 0 Å². The third-order valence-electron chi connectivity index (χ3n) is 5.61. The van der Waals surface area contributed by atoms with Crippen LogP contribution in [-0.4, -0.2) is 6.54 Å². The second-order valence-electron chi connectivity index (χ2n) is 7.78. The van der Waals surface area contributed by atoms with Gasteiger partial charge in [-0.1, -0.05) is 58.2 Å². The van der Waals surface area contributed by atoms with Gasteiger partial charge in [-0.15, -0.1) is 0 Å². The molecule has 21 heavy (non-hydrogen) atoms. The van der Waals surface area contributed by atoms with Gasteiger partial charge < -0.3 is 5.32 Å². The molecule has 0 aromatic heterocycles. The molecule has 0 spiro atoms. The van der Waals surface area contributed by atoms with Crippen molar-refractivity contribution in [3.05, 3.63) is 34.9 Å². The predicted octanol–water partition coefficient (Wildman–Crippen LogP) is 5.46. The van der Waals surface area contributed by atoms with Gasteiger partial charge in [-0.3, -0.25) is 0 Å². The molecule has 116 valence electrons. The molecule has 3 rings (SSSR count). The second-order valence-corrected chi connectivity index (χ2v) is 7.78. The van der Waals surface area contributed by atoms with Gasteiger partial charge in [0.15, 0.2) is 0 Å². The molecule has 1 heteroatoms. The lowest BCUT2D eigenvalue weighted by Crippen LogP contribution is -2.22. The molecule has 1 aromatic carbocycles. The fourth-order valence-corrected chi connectivity index (χ4v) is 4.41. The number of benzene rings is 1. The predicted molar refractivity (Wildman–Crippen MR) is 90.9 cm³/mol. The van der Waals surface area contributed by atoms with Crippen LogP contribution >= 0.6 is 0 Å². The van der Waals surface area contributed by atoms with Crippen molar-refractivity contribution >= 4 is 0 Å². The number of hydrogen-bond acceptors (Lipinski definition) is 1. The fraction of sp³-hybridized carbons (Fsp3) is 0.700. The molecule has 0 radical (unpaired) electrons. The highest BCUT2D eigenvalue weighted by atomic mass is 14.9. The lowest BCUT2D eigenvalue weighted by Gasteiger charge is -2.24. The number of fused-ring (bicyclic) bond motifs is 1. The van der Waals surface area contributed by atoms with E-state index in [4.69, 9.17) is 0 Å². The summed E-state index contributed by atoms with van der Waals surface area (Å²) in [6.07, 6.45) is 9.54. The maximum atomic E-state index is 3.77. The van der Waals surface area contributed by atoms with E-state index in [1.165, 1.54) is 44.9 Å². The van der Waals surface area contributed by atoms with Crippen molar-refractivity contribution in [1.82, 2.24) is 5.32 Å². The zero-order chi connectivity index (χ0) is 14.9. The van der Waals surface area contributed by atoms with Gasteiger partial charge in [0.1, 0.15) is 0 Å². The van der Waals surface area contributed by atoms with Gasteiger partial charge in [0.2, 0.25) is 0 Å². The van der Waals surface area contributed by atoms with Crippen LogP contribution in [0.15, 0.2) is 18.2 Å². The first kappa shape index (κ1) is 15.1. The van der Waals surface area contributed by atoms with E-state index in [1.807, 2.05) is 0 Å². The van der Waals surface area contributed by atoms with Crippen molar-refractivity contribution in [2.45, 2.75) is 83.1 Å². The maximum absolute atomic E-state index is 3.77. The van der Waals surface area contributed by atoms with Crippen LogP contribution in [-0.2, 0) is 5.41 Å². The van der Waals surface area contributed by atoms with Crippen LogP contribution in [0.3, 0.4) is 0 Å². The molecule has 2 aliphatic rings. The van der Waals surface area contributed by atoms with Crippen LogP contribution in [0.1, 0.15) is 94.4 Å². The zero-order valence-corrected chi connectivity index (χ0v) is 14.0. The summed E-state index contributed by atoms with van der Waals surface area (Å²) >= 11 is 0. The van der Waals surface area contributed by atoms with Crippen molar-refractivity contribution in [2.75, 3.05) is 6.54 Å². The Morgan fingerprint density at radius 2 is 1.90 bits per heavy atom. The van der Waals surface area contributed by atoms with Crippen LogP contribution in [0, 0.1) is 0 Å². The van der Waals surface area contributed by atoms with Gasteiger partial charge in [-0.2, -0.15) is 0 Å². The molecule has 0 amide bonds. The number of hydrogen-bond donors (Lipinski definition) is 1. The fourth-order valence-electron chi connectivity index (χ4n) is 4.41. The Bertz CT molecular complexity index is 483. The van der Waals surface area contributed by atoms with E-state index >= 15 is 0 Å². The Kier molecular flexibility index (Phi) is 4.40. The minimum Gasteiger partial charge on any atom is -0.310 e. The van der Waals surface area contributed by atoms with Crippen LogP contribution < -0.4 is 5.32 Å². The molecule has 0 bridgehead atoms. The normalized spacial score (nSPS) is 25.0. The highest BCUT2D eigenvalue weighted by Crippen LogP contribution is 2.46. The van der Waals surface area contributed by atoms with Crippen LogP contribution in [0.5, 0.6) is 0 Å². The molecule has 0 saturated heterocycles. The van der Waals surface area contributed by atoms with Crippen molar-refractivity contribution in [2.24, 2.45) is 0 Å². The summed E-state index contributed by atoms with van der Waals surface area (Å²) in [6, 6.07) is 7.98. The summed E-state index contributed by atoms with van der Waals surface area (Å²) in [4.78, 5) is 0. The Balaban J connectivity index is 1.88. The summed E-state index contributed by atoms with van der Waals surface area (Å²) in [7, 11) is 0. The molecule has 0 heterocycles. The molecule has 2 aliphatic carbocycles. The summed E-state index contributed by atoms with van der Waals surface area (Å²) in [5.41, 5.74) is 5.10. The van der Waals surface area contributed by atoms with Gasteiger partial charge >= 0.3 is 0 Å². The SMILES string of the molecule is CCCNC1CC(C)(C)c2ccc(C3CCCCC3)cc21. The van der Waals surface area contributed by atoms with Gasteiger partial charge in [0, 0.05) is 6.04 Å². The summed E-state index contributed by atoms with van der Waals surface area (Å²) < 4.78 is 0. The highest BCUT2D eigenvalue weighted by molar-refractivity contribution is 5.44. The lowest BCUT2D eigenvalue weighted by atomic mass is 9.81. The van der Waals surface area contributed by atoms with Gasteiger partial charge in [0.05, 0.1) is 0 Å². The second kappa shape index (κ2) is 6.12. The van der Waals surface area contributed by atoms with Crippen molar-refractivity contribution in [3.63, 3.8) is 0 Å². The molecular weight excluding hydrogens is 254 g/mol. The Morgan fingerprint density at radius 1 is 1.14 bits per heavy atom. The molecule has 1 N–H and O–H groups in total. The van der Waals surface area contributed by atoms with Gasteiger partial charge in [-0.05, 0) is 60.3 Å². The molecule has 1 aromatic rings. The van der Waals surface area contributed by atoms with Crippen molar-refractivity contribution in [3.8, 4) is 0 Å². The minimum absolute atomic E-state index is 0.325. The molecule has 1 fully saturated rings. The molecule has 0 aliphatic heterocycles. The molecule has 1 unspecified atom stereocenters. The molecule has 1 atom stereocenters. The van der Waals surface area contributed by atoms with Crippen LogP contribution in [0.4, 0.5) is 0 Å². The molecule has 1 saturated carbocycles. The Morgan fingerprint density at radius 3 is 2.62 bits per heavy atom. The Labute approximate surface area is 130 Å². The van der Waals surface area contributed by atoms with E-state index in [-0.39, 0.29) is 0 Å². The third-order valence-corrected chi connectivity index (χ3v) is 5.61. The third kappa shape index (κ3) is 3.04. The molecule has 1 nitrogen and oxygen atoms in total. The Hall–Kier alpha value is -0.820. The summed E-state index contributed by atoms with van der Waals surface area (Å²) in [5, 5.41) is 3.77. The van der Waals surface area contributed by atoms with E-state index in [9.17, 15) is 0 Å². The summed E-state index contributed by atoms with van der Waals surface area (Å²) in [6.45, 7) is 8.19. The first-order valence-corrected chi connectivity index (χ1v) is 8.99. The van der Waals surface area contributed by atoms with E-state index in [0.29, 0.717) is 11.5 Å².